The lowest BCUT2D eigenvalue weighted by atomic mass is 10.1. The number of aromatic nitrogens is 1. The van der Waals surface area contributed by atoms with Crippen molar-refractivity contribution in [3.05, 3.63) is 59.9 Å². The van der Waals surface area contributed by atoms with Gasteiger partial charge >= 0.3 is 0 Å². The third kappa shape index (κ3) is 6.92. The van der Waals surface area contributed by atoms with Crippen molar-refractivity contribution in [1.82, 2.24) is 4.98 Å². The number of pyridine rings is 1. The smallest absolute Gasteiger partial charge is 0.219 e. The summed E-state index contributed by atoms with van der Waals surface area (Å²) >= 11 is 0. The lowest BCUT2D eigenvalue weighted by molar-refractivity contribution is 0.134. The number of hydrogen-bond donors (Lipinski definition) is 2. The number of hydrogen-bond acceptors (Lipinski definition) is 7. The van der Waals surface area contributed by atoms with Crippen molar-refractivity contribution in [2.24, 2.45) is 10.7 Å². The van der Waals surface area contributed by atoms with E-state index in [9.17, 15) is 5.11 Å². The maximum Gasteiger partial charge on any atom is 0.219 e. The number of aliphatic hydroxyl groups excluding tert-OH is 1. The van der Waals surface area contributed by atoms with E-state index < -0.39 is 8.07 Å². The maximum absolute atomic E-state index is 9.27. The zero-order valence-corrected chi connectivity index (χ0v) is 19.4. The van der Waals surface area contributed by atoms with E-state index in [2.05, 4.69) is 29.6 Å². The molecule has 0 spiro atoms. The molecular formula is C23H31N3O4Si. The van der Waals surface area contributed by atoms with Crippen molar-refractivity contribution in [2.75, 3.05) is 19.9 Å². The van der Waals surface area contributed by atoms with Gasteiger partial charge in [0, 0.05) is 45.0 Å². The second-order valence-corrected chi connectivity index (χ2v) is 14.3. The molecule has 1 aromatic carbocycles. The van der Waals surface area contributed by atoms with Gasteiger partial charge in [0.25, 0.3) is 0 Å². The summed E-state index contributed by atoms with van der Waals surface area (Å²) in [7, 11) is -1.11. The van der Waals surface area contributed by atoms with Gasteiger partial charge in [-0.25, -0.2) is 4.98 Å². The Morgan fingerprint density at radius 1 is 1.32 bits per heavy atom. The summed E-state index contributed by atoms with van der Waals surface area (Å²) in [5.74, 6) is 1.83. The molecule has 0 aliphatic carbocycles. The molecule has 166 valence electrons. The number of ether oxygens (including phenoxy) is 3. The van der Waals surface area contributed by atoms with Crippen molar-refractivity contribution in [3.8, 4) is 17.4 Å². The SMILES string of the molecule is C[Si](C)(C)CCOCN=C(C=CN)c1ccc(Oc2ccc3c(c2)OC(CO)C3)nc1. The van der Waals surface area contributed by atoms with Crippen molar-refractivity contribution in [1.29, 1.82) is 0 Å². The summed E-state index contributed by atoms with van der Waals surface area (Å²) in [5, 5.41) is 9.27. The van der Waals surface area contributed by atoms with Crippen LogP contribution in [-0.2, 0) is 11.2 Å². The van der Waals surface area contributed by atoms with Crippen LogP contribution in [0.5, 0.6) is 17.4 Å². The molecule has 1 atom stereocenters. The first-order valence-corrected chi connectivity index (χ1v) is 14.1. The van der Waals surface area contributed by atoms with Gasteiger partial charge in [-0.05, 0) is 36.0 Å². The molecular weight excluding hydrogens is 410 g/mol. The summed E-state index contributed by atoms with van der Waals surface area (Å²) in [4.78, 5) is 8.88. The van der Waals surface area contributed by atoms with Crippen LogP contribution in [-0.4, -0.2) is 49.9 Å². The lowest BCUT2D eigenvalue weighted by Gasteiger charge is -2.14. The molecule has 0 bridgehead atoms. The fourth-order valence-electron chi connectivity index (χ4n) is 3.05. The molecule has 31 heavy (non-hydrogen) atoms. The fourth-order valence-corrected chi connectivity index (χ4v) is 3.80. The molecule has 3 N–H and O–H groups in total. The molecule has 1 aliphatic rings. The third-order valence-corrected chi connectivity index (χ3v) is 6.52. The monoisotopic (exact) mass is 441 g/mol. The highest BCUT2D eigenvalue weighted by Crippen LogP contribution is 2.33. The van der Waals surface area contributed by atoms with E-state index in [1.807, 2.05) is 24.3 Å². The minimum atomic E-state index is -1.11. The van der Waals surface area contributed by atoms with Crippen LogP contribution < -0.4 is 15.2 Å². The molecule has 2 aromatic rings. The Kier molecular flexibility index (Phi) is 7.84. The predicted octanol–water partition coefficient (Wildman–Crippen LogP) is 3.74. The summed E-state index contributed by atoms with van der Waals surface area (Å²) in [6.45, 7) is 7.95. The molecule has 1 aromatic heterocycles. The van der Waals surface area contributed by atoms with Crippen LogP contribution >= 0.6 is 0 Å². The van der Waals surface area contributed by atoms with Crippen LogP contribution in [0.25, 0.3) is 0 Å². The van der Waals surface area contributed by atoms with Crippen molar-refractivity contribution < 1.29 is 19.3 Å². The largest absolute Gasteiger partial charge is 0.487 e. The van der Waals surface area contributed by atoms with E-state index in [-0.39, 0.29) is 19.4 Å². The number of aliphatic imine (C=N–C) groups is 1. The van der Waals surface area contributed by atoms with Gasteiger partial charge in [-0.3, -0.25) is 4.99 Å². The molecule has 0 amide bonds. The number of fused-ring (bicyclic) bond motifs is 1. The van der Waals surface area contributed by atoms with Crippen LogP contribution in [0.4, 0.5) is 0 Å². The lowest BCUT2D eigenvalue weighted by Crippen LogP contribution is -2.21. The van der Waals surface area contributed by atoms with Gasteiger partial charge in [0.2, 0.25) is 5.88 Å². The Bertz CT molecular complexity index is 923. The molecule has 0 saturated carbocycles. The number of nitrogens with two attached hydrogens (primary N) is 1. The summed E-state index contributed by atoms with van der Waals surface area (Å²) in [5.41, 5.74) is 8.18. The van der Waals surface area contributed by atoms with E-state index in [0.717, 1.165) is 22.9 Å². The Hall–Kier alpha value is -2.68. The minimum absolute atomic E-state index is 0.00161. The van der Waals surface area contributed by atoms with Crippen LogP contribution in [0.2, 0.25) is 25.7 Å². The topological polar surface area (TPSA) is 99.2 Å². The predicted molar refractivity (Wildman–Crippen MR) is 125 cm³/mol. The Morgan fingerprint density at radius 2 is 2.16 bits per heavy atom. The third-order valence-electron chi connectivity index (χ3n) is 4.81. The standard InChI is InChI=1S/C23H31N3O4Si/c1-31(2,3)11-10-28-16-26-21(8-9-24)18-5-7-23(25-14-18)30-19-6-4-17-12-20(15-27)29-22(17)13-19/h4-9,13-14,20,27H,10-12,15-16,24H2,1-3H3. The van der Waals surface area contributed by atoms with Crippen molar-refractivity contribution >= 4 is 13.8 Å². The Labute approximate surface area is 184 Å². The van der Waals surface area contributed by atoms with E-state index >= 15 is 0 Å². The number of benzene rings is 1. The summed E-state index contributed by atoms with van der Waals surface area (Å²) < 4.78 is 17.2. The average molecular weight is 442 g/mol. The molecule has 7 nitrogen and oxygen atoms in total. The van der Waals surface area contributed by atoms with Gasteiger partial charge in [0.1, 0.15) is 24.3 Å². The minimum Gasteiger partial charge on any atom is -0.487 e. The van der Waals surface area contributed by atoms with Crippen LogP contribution in [0.1, 0.15) is 11.1 Å². The van der Waals surface area contributed by atoms with Gasteiger partial charge in [-0.15, -0.1) is 0 Å². The van der Waals surface area contributed by atoms with Crippen LogP contribution in [0, 0.1) is 0 Å². The highest BCUT2D eigenvalue weighted by atomic mass is 28.3. The van der Waals surface area contributed by atoms with Crippen LogP contribution in [0.15, 0.2) is 53.8 Å². The van der Waals surface area contributed by atoms with Gasteiger partial charge in [0.05, 0.1) is 12.3 Å². The zero-order valence-electron chi connectivity index (χ0n) is 18.4. The van der Waals surface area contributed by atoms with Gasteiger partial charge in [-0.1, -0.05) is 25.7 Å². The van der Waals surface area contributed by atoms with Gasteiger partial charge in [-0.2, -0.15) is 0 Å². The molecule has 0 radical (unpaired) electrons. The molecule has 0 fully saturated rings. The normalized spacial score (nSPS) is 16.4. The average Bonchev–Trinajstić information content (AvgIpc) is 3.15. The maximum atomic E-state index is 9.27. The quantitative estimate of drug-likeness (QED) is 0.331. The van der Waals surface area contributed by atoms with Gasteiger partial charge in [0.15, 0.2) is 0 Å². The number of nitrogens with zero attached hydrogens (tertiary/aromatic N) is 2. The zero-order chi connectivity index (χ0) is 22.3. The molecule has 1 aliphatic heterocycles. The summed E-state index contributed by atoms with van der Waals surface area (Å²) in [6.07, 6.45) is 5.40. The Balaban J connectivity index is 1.61. The molecule has 2 heterocycles. The van der Waals surface area contributed by atoms with E-state index in [1.54, 1.807) is 18.3 Å². The van der Waals surface area contributed by atoms with Crippen molar-refractivity contribution in [3.63, 3.8) is 0 Å². The number of aliphatic hydroxyl groups is 1. The summed E-state index contributed by atoms with van der Waals surface area (Å²) in [6, 6.07) is 10.4. The second kappa shape index (κ2) is 10.6. The van der Waals surface area contributed by atoms with Crippen LogP contribution in [0.3, 0.4) is 0 Å². The number of allylic oxidation sites excluding steroid dienone is 1. The molecule has 3 rings (SSSR count). The first-order chi connectivity index (χ1) is 14.9. The Morgan fingerprint density at radius 3 is 2.84 bits per heavy atom. The fraction of sp³-hybridized carbons (Fsp3) is 0.391. The molecule has 0 saturated heterocycles. The highest BCUT2D eigenvalue weighted by molar-refractivity contribution is 6.76. The van der Waals surface area contributed by atoms with E-state index in [1.165, 1.54) is 6.20 Å². The molecule has 8 heteroatoms. The van der Waals surface area contributed by atoms with E-state index in [0.29, 0.717) is 30.4 Å². The molecule has 1 unspecified atom stereocenters. The van der Waals surface area contributed by atoms with E-state index in [4.69, 9.17) is 19.9 Å². The second-order valence-electron chi connectivity index (χ2n) is 8.63. The highest BCUT2D eigenvalue weighted by Gasteiger charge is 2.22. The first kappa shape index (κ1) is 23.0. The van der Waals surface area contributed by atoms with Gasteiger partial charge < -0.3 is 25.1 Å². The first-order valence-electron chi connectivity index (χ1n) is 10.4. The number of rotatable bonds is 10. The van der Waals surface area contributed by atoms with Crippen molar-refractivity contribution in [2.45, 2.75) is 38.2 Å².